The summed E-state index contributed by atoms with van der Waals surface area (Å²) >= 11 is 0. The van der Waals surface area contributed by atoms with E-state index >= 15 is 0 Å². The standard InChI is InChI=1S/C19H26N2O3/c1-24-19(23)15-9-3-4-10-16(15)20-18(22)13-21-12-6-8-14-7-2-5-11-17(14)21/h3-4,9-10,14,17H,2,5-8,11-13H2,1H3,(H,20,22)/t14-,17-/m0/s1. The molecule has 1 amide bonds. The number of para-hydroxylation sites is 1. The van der Waals surface area contributed by atoms with Gasteiger partial charge in [0.15, 0.2) is 0 Å². The summed E-state index contributed by atoms with van der Waals surface area (Å²) in [5.74, 6) is 0.261. The number of carbonyl (C=O) groups is 2. The van der Waals surface area contributed by atoms with Crippen LogP contribution in [0, 0.1) is 5.92 Å². The van der Waals surface area contributed by atoms with Gasteiger partial charge in [0.2, 0.25) is 5.91 Å². The summed E-state index contributed by atoms with van der Waals surface area (Å²) in [7, 11) is 1.35. The maximum atomic E-state index is 12.5. The Balaban J connectivity index is 1.64. The summed E-state index contributed by atoms with van der Waals surface area (Å²) in [5, 5.41) is 2.89. The number of fused-ring (bicyclic) bond motifs is 1. The molecule has 0 bridgehead atoms. The Hall–Kier alpha value is -1.88. The first kappa shape index (κ1) is 17.0. The molecule has 0 spiro atoms. The molecule has 1 aliphatic carbocycles. The minimum atomic E-state index is -0.434. The third-order valence-corrected chi connectivity index (χ3v) is 5.31. The van der Waals surface area contributed by atoms with Crippen molar-refractivity contribution in [2.45, 2.75) is 44.6 Å². The van der Waals surface area contributed by atoms with Gasteiger partial charge in [-0.15, -0.1) is 0 Å². The van der Waals surface area contributed by atoms with Crippen LogP contribution in [0.5, 0.6) is 0 Å². The Kier molecular flexibility index (Phi) is 5.51. The number of hydrogen-bond donors (Lipinski definition) is 1. The quantitative estimate of drug-likeness (QED) is 0.862. The zero-order valence-corrected chi connectivity index (χ0v) is 14.3. The van der Waals surface area contributed by atoms with E-state index in [2.05, 4.69) is 10.2 Å². The van der Waals surface area contributed by atoms with Crippen molar-refractivity contribution in [2.75, 3.05) is 25.5 Å². The summed E-state index contributed by atoms with van der Waals surface area (Å²) in [4.78, 5) is 26.7. The van der Waals surface area contributed by atoms with Crippen LogP contribution in [0.25, 0.3) is 0 Å². The molecular formula is C19H26N2O3. The van der Waals surface area contributed by atoms with E-state index in [-0.39, 0.29) is 5.91 Å². The van der Waals surface area contributed by atoms with Gasteiger partial charge in [0.1, 0.15) is 0 Å². The number of rotatable bonds is 4. The van der Waals surface area contributed by atoms with Gasteiger partial charge < -0.3 is 10.1 Å². The molecule has 0 aromatic heterocycles. The van der Waals surface area contributed by atoms with Gasteiger partial charge in [-0.2, -0.15) is 0 Å². The largest absolute Gasteiger partial charge is 0.465 e. The third kappa shape index (κ3) is 3.78. The van der Waals surface area contributed by atoms with Crippen LogP contribution in [0.2, 0.25) is 0 Å². The number of anilines is 1. The molecule has 0 radical (unpaired) electrons. The Morgan fingerprint density at radius 1 is 1.17 bits per heavy atom. The Bertz CT molecular complexity index is 600. The molecule has 1 aromatic carbocycles. The maximum absolute atomic E-state index is 12.5. The number of benzene rings is 1. The molecule has 1 aliphatic heterocycles. The van der Waals surface area contributed by atoms with Crippen molar-refractivity contribution in [2.24, 2.45) is 5.92 Å². The van der Waals surface area contributed by atoms with Crippen LogP contribution in [0.4, 0.5) is 5.69 Å². The summed E-state index contributed by atoms with van der Waals surface area (Å²) in [6, 6.07) is 7.52. The molecule has 2 fully saturated rings. The lowest BCUT2D eigenvalue weighted by Crippen LogP contribution is -2.49. The average molecular weight is 330 g/mol. The fraction of sp³-hybridized carbons (Fsp3) is 0.579. The van der Waals surface area contributed by atoms with Crippen molar-refractivity contribution in [3.63, 3.8) is 0 Å². The fourth-order valence-corrected chi connectivity index (χ4v) is 4.18. The van der Waals surface area contributed by atoms with Gasteiger partial charge in [-0.3, -0.25) is 9.69 Å². The normalized spacial score (nSPS) is 24.0. The number of nitrogens with zero attached hydrogens (tertiary/aromatic N) is 1. The molecule has 1 heterocycles. The van der Waals surface area contributed by atoms with Crippen LogP contribution in [0.1, 0.15) is 48.9 Å². The zero-order chi connectivity index (χ0) is 16.9. The summed E-state index contributed by atoms with van der Waals surface area (Å²) in [6.07, 6.45) is 7.57. The van der Waals surface area contributed by atoms with Crippen LogP contribution in [0.3, 0.4) is 0 Å². The number of ether oxygens (including phenoxy) is 1. The predicted molar refractivity (Wildman–Crippen MR) is 93.0 cm³/mol. The average Bonchev–Trinajstić information content (AvgIpc) is 2.62. The SMILES string of the molecule is COC(=O)c1ccccc1NC(=O)CN1CCC[C@@H]2CCCC[C@@H]21. The lowest BCUT2D eigenvalue weighted by molar-refractivity contribution is -0.118. The number of amides is 1. The summed E-state index contributed by atoms with van der Waals surface area (Å²) in [6.45, 7) is 1.39. The van der Waals surface area contributed by atoms with Crippen LogP contribution >= 0.6 is 0 Å². The van der Waals surface area contributed by atoms with E-state index in [1.54, 1.807) is 24.3 Å². The van der Waals surface area contributed by atoms with E-state index in [0.29, 0.717) is 23.8 Å². The highest BCUT2D eigenvalue weighted by Crippen LogP contribution is 2.35. The molecule has 1 saturated carbocycles. The van der Waals surface area contributed by atoms with Gasteiger partial charge in [-0.1, -0.05) is 25.0 Å². The smallest absolute Gasteiger partial charge is 0.339 e. The first-order valence-electron chi connectivity index (χ1n) is 8.90. The minimum absolute atomic E-state index is 0.0578. The van der Waals surface area contributed by atoms with Crippen molar-refractivity contribution >= 4 is 17.6 Å². The van der Waals surface area contributed by atoms with Crippen LogP contribution in [0.15, 0.2) is 24.3 Å². The number of hydrogen-bond acceptors (Lipinski definition) is 4. The molecule has 1 aromatic rings. The lowest BCUT2D eigenvalue weighted by Gasteiger charge is -2.43. The minimum Gasteiger partial charge on any atom is -0.465 e. The molecule has 5 nitrogen and oxygen atoms in total. The molecule has 24 heavy (non-hydrogen) atoms. The highest BCUT2D eigenvalue weighted by Gasteiger charge is 2.33. The monoisotopic (exact) mass is 330 g/mol. The molecule has 2 aliphatic rings. The van der Waals surface area contributed by atoms with Crippen molar-refractivity contribution in [1.29, 1.82) is 0 Å². The Labute approximate surface area is 143 Å². The maximum Gasteiger partial charge on any atom is 0.339 e. The molecular weight excluding hydrogens is 304 g/mol. The van der Waals surface area contributed by atoms with Crippen molar-refractivity contribution in [3.05, 3.63) is 29.8 Å². The van der Waals surface area contributed by atoms with E-state index in [0.717, 1.165) is 12.5 Å². The summed E-state index contributed by atoms with van der Waals surface area (Å²) < 4.78 is 4.78. The van der Waals surface area contributed by atoms with E-state index in [4.69, 9.17) is 4.74 Å². The third-order valence-electron chi connectivity index (χ3n) is 5.31. The molecule has 2 atom stereocenters. The molecule has 130 valence electrons. The number of piperidine rings is 1. The Morgan fingerprint density at radius 2 is 1.92 bits per heavy atom. The van der Waals surface area contributed by atoms with E-state index in [1.165, 1.54) is 45.6 Å². The van der Waals surface area contributed by atoms with Gasteiger partial charge in [-0.25, -0.2) is 4.79 Å². The molecule has 0 unspecified atom stereocenters. The fourth-order valence-electron chi connectivity index (χ4n) is 4.18. The van der Waals surface area contributed by atoms with E-state index in [1.807, 2.05) is 0 Å². The second-order valence-electron chi connectivity index (χ2n) is 6.81. The number of likely N-dealkylation sites (tertiary alicyclic amines) is 1. The van der Waals surface area contributed by atoms with Gasteiger partial charge in [0.25, 0.3) is 0 Å². The predicted octanol–water partition coefficient (Wildman–Crippen LogP) is 3.07. The van der Waals surface area contributed by atoms with Gasteiger partial charge in [0, 0.05) is 6.04 Å². The van der Waals surface area contributed by atoms with Crippen LogP contribution < -0.4 is 5.32 Å². The van der Waals surface area contributed by atoms with Crippen molar-refractivity contribution < 1.29 is 14.3 Å². The molecule has 5 heteroatoms. The molecule has 1 saturated heterocycles. The topological polar surface area (TPSA) is 58.6 Å². The number of nitrogens with one attached hydrogen (secondary N) is 1. The van der Waals surface area contributed by atoms with Crippen LogP contribution in [-0.4, -0.2) is 43.0 Å². The second-order valence-corrected chi connectivity index (χ2v) is 6.81. The van der Waals surface area contributed by atoms with Gasteiger partial charge >= 0.3 is 5.97 Å². The van der Waals surface area contributed by atoms with E-state index in [9.17, 15) is 9.59 Å². The highest BCUT2D eigenvalue weighted by atomic mass is 16.5. The first-order valence-corrected chi connectivity index (χ1v) is 8.90. The van der Waals surface area contributed by atoms with Crippen LogP contribution in [-0.2, 0) is 9.53 Å². The second kappa shape index (κ2) is 7.79. The zero-order valence-electron chi connectivity index (χ0n) is 14.3. The highest BCUT2D eigenvalue weighted by molar-refractivity contribution is 6.01. The summed E-state index contributed by atoms with van der Waals surface area (Å²) in [5.41, 5.74) is 0.911. The number of esters is 1. The molecule has 3 rings (SSSR count). The van der Waals surface area contributed by atoms with Gasteiger partial charge in [-0.05, 0) is 50.3 Å². The number of methoxy groups -OCH3 is 1. The number of carbonyl (C=O) groups excluding carboxylic acids is 2. The van der Waals surface area contributed by atoms with Crippen molar-refractivity contribution in [3.8, 4) is 0 Å². The first-order chi connectivity index (χ1) is 11.7. The van der Waals surface area contributed by atoms with Gasteiger partial charge in [0.05, 0.1) is 24.9 Å². The molecule has 1 N–H and O–H groups in total. The Morgan fingerprint density at radius 3 is 2.75 bits per heavy atom. The van der Waals surface area contributed by atoms with Crippen molar-refractivity contribution in [1.82, 2.24) is 4.90 Å². The van der Waals surface area contributed by atoms with E-state index < -0.39 is 5.97 Å². The lowest BCUT2D eigenvalue weighted by atomic mass is 9.78.